The highest BCUT2D eigenvalue weighted by Gasteiger charge is 2.22. The van der Waals surface area contributed by atoms with Crippen LogP contribution in [0.5, 0.6) is 0 Å². The van der Waals surface area contributed by atoms with Crippen molar-refractivity contribution in [2.75, 3.05) is 11.4 Å². The molecule has 1 aromatic rings. The van der Waals surface area contributed by atoms with E-state index in [4.69, 9.17) is 5.73 Å². The fourth-order valence-corrected chi connectivity index (χ4v) is 1.26. The minimum atomic E-state index is -0.288. The zero-order valence-corrected chi connectivity index (χ0v) is 6.97. The number of para-hydroxylation sites is 1. The maximum absolute atomic E-state index is 11.2. The van der Waals surface area contributed by atoms with Gasteiger partial charge in [-0.3, -0.25) is 4.90 Å². The molecule has 1 aliphatic heterocycles. The van der Waals surface area contributed by atoms with Crippen LogP contribution in [0.1, 0.15) is 0 Å². The summed E-state index contributed by atoms with van der Waals surface area (Å²) in [7, 11) is 0. The first kappa shape index (κ1) is 7.79. The Labute approximate surface area is 75.7 Å². The fraction of sp³-hybridized carbons (Fsp3) is 0.111. The number of benzene rings is 1. The molecule has 4 nitrogen and oxygen atoms in total. The quantitative estimate of drug-likeness (QED) is 0.691. The Morgan fingerprint density at radius 2 is 2.00 bits per heavy atom. The lowest BCUT2D eigenvalue weighted by Crippen LogP contribution is -2.28. The SMILES string of the molecule is NC1=NC(=O)N(c2ccccc2)C1. The van der Waals surface area contributed by atoms with Gasteiger partial charge in [0.15, 0.2) is 0 Å². The molecule has 0 spiro atoms. The number of urea groups is 1. The monoisotopic (exact) mass is 175 g/mol. The smallest absolute Gasteiger partial charge is 0.350 e. The molecular weight excluding hydrogens is 166 g/mol. The number of rotatable bonds is 1. The molecule has 1 aromatic carbocycles. The minimum Gasteiger partial charge on any atom is -0.385 e. The van der Waals surface area contributed by atoms with Crippen LogP contribution in [0.3, 0.4) is 0 Å². The highest BCUT2D eigenvalue weighted by atomic mass is 16.2. The third-order valence-corrected chi connectivity index (χ3v) is 1.86. The summed E-state index contributed by atoms with van der Waals surface area (Å²) < 4.78 is 0. The van der Waals surface area contributed by atoms with Crippen molar-refractivity contribution in [1.82, 2.24) is 0 Å². The number of carbonyl (C=O) groups excluding carboxylic acids is 1. The maximum Gasteiger partial charge on any atom is 0.350 e. The summed E-state index contributed by atoms with van der Waals surface area (Å²) in [5, 5.41) is 0. The summed E-state index contributed by atoms with van der Waals surface area (Å²) in [6, 6.07) is 9.06. The highest BCUT2D eigenvalue weighted by Crippen LogP contribution is 2.16. The Hall–Kier alpha value is -1.84. The average Bonchev–Trinajstić information content (AvgIpc) is 2.47. The Morgan fingerprint density at radius 3 is 2.54 bits per heavy atom. The molecular formula is C9H9N3O. The lowest BCUT2D eigenvalue weighted by molar-refractivity contribution is 0.256. The minimum absolute atomic E-state index is 0.288. The van der Waals surface area contributed by atoms with Gasteiger partial charge < -0.3 is 5.73 Å². The number of hydrogen-bond donors (Lipinski definition) is 1. The van der Waals surface area contributed by atoms with E-state index in [0.717, 1.165) is 5.69 Å². The van der Waals surface area contributed by atoms with E-state index in [0.29, 0.717) is 12.4 Å². The van der Waals surface area contributed by atoms with Crippen LogP contribution in [0.25, 0.3) is 0 Å². The van der Waals surface area contributed by atoms with Crippen LogP contribution in [-0.2, 0) is 0 Å². The Bertz CT molecular complexity index is 358. The van der Waals surface area contributed by atoms with Gasteiger partial charge in [-0.25, -0.2) is 4.79 Å². The maximum atomic E-state index is 11.2. The van der Waals surface area contributed by atoms with Crippen molar-refractivity contribution in [1.29, 1.82) is 0 Å². The number of nitrogens with two attached hydrogens (primary N) is 1. The van der Waals surface area contributed by atoms with Gasteiger partial charge in [0, 0.05) is 5.69 Å². The number of carbonyl (C=O) groups is 1. The van der Waals surface area contributed by atoms with Crippen LogP contribution >= 0.6 is 0 Å². The predicted octanol–water partition coefficient (Wildman–Crippen LogP) is 0.984. The van der Waals surface area contributed by atoms with Crippen molar-refractivity contribution in [2.24, 2.45) is 10.7 Å². The topological polar surface area (TPSA) is 58.7 Å². The molecule has 0 atom stereocenters. The first-order chi connectivity index (χ1) is 6.27. The number of anilines is 1. The van der Waals surface area contributed by atoms with Crippen LogP contribution in [0, 0.1) is 0 Å². The molecule has 13 heavy (non-hydrogen) atoms. The van der Waals surface area contributed by atoms with Crippen LogP contribution in [0.2, 0.25) is 0 Å². The molecule has 0 unspecified atom stereocenters. The van der Waals surface area contributed by atoms with E-state index in [1.807, 2.05) is 30.3 Å². The molecule has 1 heterocycles. The average molecular weight is 175 g/mol. The van der Waals surface area contributed by atoms with Gasteiger partial charge in [-0.15, -0.1) is 0 Å². The van der Waals surface area contributed by atoms with Gasteiger partial charge in [0.25, 0.3) is 0 Å². The summed E-state index contributed by atoms with van der Waals surface area (Å²) in [4.78, 5) is 16.4. The molecule has 0 aromatic heterocycles. The van der Waals surface area contributed by atoms with Crippen LogP contribution in [-0.4, -0.2) is 18.4 Å². The van der Waals surface area contributed by atoms with Crippen molar-refractivity contribution in [3.05, 3.63) is 30.3 Å². The first-order valence-electron chi connectivity index (χ1n) is 3.97. The Kier molecular flexibility index (Phi) is 1.73. The Morgan fingerprint density at radius 1 is 1.31 bits per heavy atom. The van der Waals surface area contributed by atoms with Crippen molar-refractivity contribution >= 4 is 17.6 Å². The second-order valence-electron chi connectivity index (χ2n) is 2.81. The van der Waals surface area contributed by atoms with Gasteiger partial charge in [-0.2, -0.15) is 4.99 Å². The van der Waals surface area contributed by atoms with E-state index >= 15 is 0 Å². The van der Waals surface area contributed by atoms with E-state index in [1.54, 1.807) is 0 Å². The number of amidine groups is 1. The molecule has 0 bridgehead atoms. The molecule has 0 saturated carbocycles. The van der Waals surface area contributed by atoms with E-state index in [1.165, 1.54) is 4.90 Å². The van der Waals surface area contributed by atoms with E-state index in [9.17, 15) is 4.79 Å². The molecule has 4 heteroatoms. The molecule has 1 aliphatic rings. The highest BCUT2D eigenvalue weighted by molar-refractivity contribution is 6.10. The van der Waals surface area contributed by atoms with Crippen molar-refractivity contribution in [2.45, 2.75) is 0 Å². The van der Waals surface area contributed by atoms with Gasteiger partial charge >= 0.3 is 6.03 Å². The molecule has 2 N–H and O–H groups in total. The van der Waals surface area contributed by atoms with Crippen LogP contribution < -0.4 is 10.6 Å². The molecule has 2 amide bonds. The van der Waals surface area contributed by atoms with Crippen LogP contribution in [0.15, 0.2) is 35.3 Å². The largest absolute Gasteiger partial charge is 0.385 e. The molecule has 0 fully saturated rings. The second kappa shape index (κ2) is 2.90. The molecule has 0 aliphatic carbocycles. The Balaban J connectivity index is 2.26. The third kappa shape index (κ3) is 1.38. The van der Waals surface area contributed by atoms with Crippen LogP contribution in [0.4, 0.5) is 10.5 Å². The van der Waals surface area contributed by atoms with Gasteiger partial charge in [0.2, 0.25) is 0 Å². The number of nitrogens with zero attached hydrogens (tertiary/aromatic N) is 2. The zero-order valence-electron chi connectivity index (χ0n) is 6.97. The number of aliphatic imine (C=N–C) groups is 1. The lowest BCUT2D eigenvalue weighted by Gasteiger charge is -2.13. The summed E-state index contributed by atoms with van der Waals surface area (Å²) in [5.74, 6) is 0.369. The van der Waals surface area contributed by atoms with E-state index in [-0.39, 0.29) is 6.03 Å². The van der Waals surface area contributed by atoms with Gasteiger partial charge in [0.1, 0.15) is 5.84 Å². The summed E-state index contributed by atoms with van der Waals surface area (Å²) in [6.07, 6.45) is 0. The molecule has 2 rings (SSSR count). The normalized spacial score (nSPS) is 16.2. The van der Waals surface area contributed by atoms with Crippen molar-refractivity contribution in [3.63, 3.8) is 0 Å². The lowest BCUT2D eigenvalue weighted by atomic mass is 10.3. The number of hydrogen-bond acceptors (Lipinski definition) is 2. The van der Waals surface area contributed by atoms with E-state index in [2.05, 4.69) is 4.99 Å². The summed E-state index contributed by atoms with van der Waals surface area (Å²) in [5.41, 5.74) is 6.27. The number of amides is 2. The standard InChI is InChI=1S/C9H9N3O/c10-8-6-12(9(13)11-8)7-4-2-1-3-5-7/h1-5H,6H2,(H2,10,11,13). The molecule has 0 saturated heterocycles. The summed E-state index contributed by atoms with van der Waals surface area (Å²) >= 11 is 0. The van der Waals surface area contributed by atoms with E-state index < -0.39 is 0 Å². The zero-order chi connectivity index (χ0) is 9.26. The van der Waals surface area contributed by atoms with Gasteiger partial charge in [0.05, 0.1) is 6.54 Å². The van der Waals surface area contributed by atoms with Crippen molar-refractivity contribution < 1.29 is 4.79 Å². The fourth-order valence-electron chi connectivity index (χ4n) is 1.26. The van der Waals surface area contributed by atoms with Gasteiger partial charge in [-0.05, 0) is 12.1 Å². The summed E-state index contributed by atoms with van der Waals surface area (Å²) in [6.45, 7) is 0.392. The molecule has 66 valence electrons. The third-order valence-electron chi connectivity index (χ3n) is 1.86. The predicted molar refractivity (Wildman–Crippen MR) is 50.8 cm³/mol. The van der Waals surface area contributed by atoms with Crippen molar-refractivity contribution in [3.8, 4) is 0 Å². The first-order valence-corrected chi connectivity index (χ1v) is 3.97. The second-order valence-corrected chi connectivity index (χ2v) is 2.81. The van der Waals surface area contributed by atoms with Gasteiger partial charge in [-0.1, -0.05) is 18.2 Å². The molecule has 0 radical (unpaired) electrons.